The predicted molar refractivity (Wildman–Crippen MR) is 76.9 cm³/mol. The summed E-state index contributed by atoms with van der Waals surface area (Å²) in [6, 6.07) is 9.86. The number of fused-ring (bicyclic) bond motifs is 1. The lowest BCUT2D eigenvalue weighted by atomic mass is 10.2. The third-order valence-electron chi connectivity index (χ3n) is 2.51. The summed E-state index contributed by atoms with van der Waals surface area (Å²) < 4.78 is 1.17. The first-order valence-corrected chi connectivity index (χ1v) is 6.66. The molecular weight excluding hydrogens is 266 g/mol. The molecule has 90 valence electrons. The summed E-state index contributed by atoms with van der Waals surface area (Å²) >= 11 is 7.41. The van der Waals surface area contributed by atoms with E-state index in [2.05, 4.69) is 34.3 Å². The van der Waals surface area contributed by atoms with Crippen molar-refractivity contribution >= 4 is 44.1 Å². The van der Waals surface area contributed by atoms with Gasteiger partial charge in [0.25, 0.3) is 0 Å². The minimum absolute atomic E-state index is 0.625. The molecular formula is C13H10ClN3S. The minimum Gasteiger partial charge on any atom is -0.316 e. The number of aryl methyl sites for hydroxylation is 1. The van der Waals surface area contributed by atoms with E-state index in [0.717, 1.165) is 16.5 Å². The summed E-state index contributed by atoms with van der Waals surface area (Å²) in [6.45, 7) is 2.08. The zero-order valence-corrected chi connectivity index (χ0v) is 11.2. The van der Waals surface area contributed by atoms with Crippen LogP contribution in [0.2, 0.25) is 5.02 Å². The molecule has 0 unspecified atom stereocenters. The van der Waals surface area contributed by atoms with Crippen molar-refractivity contribution < 1.29 is 0 Å². The second kappa shape index (κ2) is 4.55. The molecule has 3 rings (SSSR count). The van der Waals surface area contributed by atoms with Gasteiger partial charge in [-0.1, -0.05) is 29.0 Å². The molecule has 3 nitrogen and oxygen atoms in total. The van der Waals surface area contributed by atoms with Crippen LogP contribution in [0.15, 0.2) is 36.5 Å². The molecule has 0 amide bonds. The highest BCUT2D eigenvalue weighted by Gasteiger charge is 2.04. The number of nitrogens with one attached hydrogen (secondary N) is 1. The second-order valence-electron chi connectivity index (χ2n) is 3.98. The average Bonchev–Trinajstić information content (AvgIpc) is 2.73. The molecule has 0 spiro atoms. The molecule has 2 aromatic heterocycles. The molecule has 5 heteroatoms. The van der Waals surface area contributed by atoms with Gasteiger partial charge in [0.1, 0.15) is 5.82 Å². The number of benzene rings is 1. The summed E-state index contributed by atoms with van der Waals surface area (Å²) in [5, 5.41) is 4.64. The maximum absolute atomic E-state index is 5.79. The number of pyridine rings is 1. The highest BCUT2D eigenvalue weighted by atomic mass is 35.5. The number of hydrogen-bond acceptors (Lipinski definition) is 4. The Hall–Kier alpha value is -1.65. The van der Waals surface area contributed by atoms with Gasteiger partial charge in [-0.05, 0) is 36.8 Å². The quantitative estimate of drug-likeness (QED) is 0.753. The predicted octanol–water partition coefficient (Wildman–Crippen LogP) is 4.40. The number of anilines is 2. The summed E-state index contributed by atoms with van der Waals surface area (Å²) in [7, 11) is 0. The summed E-state index contributed by atoms with van der Waals surface area (Å²) in [5.74, 6) is 0.746. The van der Waals surface area contributed by atoms with Gasteiger partial charge in [0.2, 0.25) is 0 Å². The molecule has 0 bridgehead atoms. The molecule has 1 aromatic carbocycles. The molecule has 0 saturated heterocycles. The number of thiazole rings is 1. The van der Waals surface area contributed by atoms with Crippen LogP contribution in [0.25, 0.3) is 10.2 Å². The topological polar surface area (TPSA) is 37.8 Å². The fraction of sp³-hybridized carbons (Fsp3) is 0.0769. The average molecular weight is 276 g/mol. The van der Waals surface area contributed by atoms with Gasteiger partial charge < -0.3 is 5.32 Å². The fourth-order valence-corrected chi connectivity index (χ4v) is 2.73. The van der Waals surface area contributed by atoms with Gasteiger partial charge in [-0.15, -0.1) is 0 Å². The second-order valence-corrected chi connectivity index (χ2v) is 5.44. The summed E-state index contributed by atoms with van der Waals surface area (Å²) in [5.41, 5.74) is 2.24. The first-order chi connectivity index (χ1) is 8.70. The highest BCUT2D eigenvalue weighted by Crippen LogP contribution is 2.28. The van der Waals surface area contributed by atoms with Gasteiger partial charge in [-0.25, -0.2) is 9.97 Å². The van der Waals surface area contributed by atoms with Crippen LogP contribution in [-0.2, 0) is 0 Å². The van der Waals surface area contributed by atoms with Crippen LogP contribution in [0, 0.1) is 6.92 Å². The molecule has 0 saturated carbocycles. The minimum atomic E-state index is 0.625. The first kappa shape index (κ1) is 11.4. The van der Waals surface area contributed by atoms with E-state index >= 15 is 0 Å². The Morgan fingerprint density at radius 3 is 2.89 bits per heavy atom. The van der Waals surface area contributed by atoms with Crippen LogP contribution < -0.4 is 5.32 Å². The van der Waals surface area contributed by atoms with Gasteiger partial charge >= 0.3 is 0 Å². The van der Waals surface area contributed by atoms with Crippen molar-refractivity contribution in [3.05, 3.63) is 47.1 Å². The van der Waals surface area contributed by atoms with Crippen LogP contribution >= 0.6 is 22.9 Å². The van der Waals surface area contributed by atoms with E-state index in [1.807, 2.05) is 12.1 Å². The Kier molecular flexibility index (Phi) is 2.89. The number of aromatic nitrogens is 2. The van der Waals surface area contributed by atoms with E-state index in [9.17, 15) is 0 Å². The fourth-order valence-electron chi connectivity index (χ4n) is 1.64. The number of rotatable bonds is 2. The molecule has 1 N–H and O–H groups in total. The summed E-state index contributed by atoms with van der Waals surface area (Å²) in [6.07, 6.45) is 1.61. The standard InChI is InChI=1S/C13H10ClN3S/c1-8-2-4-10-11(6-8)18-13(16-10)17-12-5-3-9(14)7-15-12/h2-7H,1H3,(H,15,16,17). The van der Waals surface area contributed by atoms with Crippen molar-refractivity contribution in [1.82, 2.24) is 9.97 Å². The van der Waals surface area contributed by atoms with Crippen LogP contribution in [-0.4, -0.2) is 9.97 Å². The van der Waals surface area contributed by atoms with Crippen molar-refractivity contribution in [2.45, 2.75) is 6.92 Å². The zero-order valence-electron chi connectivity index (χ0n) is 9.64. The zero-order chi connectivity index (χ0) is 12.5. The Bertz CT molecular complexity index is 691. The van der Waals surface area contributed by atoms with E-state index in [-0.39, 0.29) is 0 Å². The third-order valence-corrected chi connectivity index (χ3v) is 3.66. The molecule has 0 aliphatic heterocycles. The van der Waals surface area contributed by atoms with Crippen molar-refractivity contribution in [2.75, 3.05) is 5.32 Å². The molecule has 3 aromatic rings. The number of hydrogen-bond donors (Lipinski definition) is 1. The monoisotopic (exact) mass is 275 g/mol. The van der Waals surface area contributed by atoms with Gasteiger partial charge in [0.05, 0.1) is 15.2 Å². The Morgan fingerprint density at radius 1 is 1.22 bits per heavy atom. The molecule has 0 atom stereocenters. The van der Waals surface area contributed by atoms with E-state index in [4.69, 9.17) is 11.6 Å². The highest BCUT2D eigenvalue weighted by molar-refractivity contribution is 7.22. The number of nitrogens with zero attached hydrogens (tertiary/aromatic N) is 2. The third kappa shape index (κ3) is 2.30. The van der Waals surface area contributed by atoms with E-state index in [1.54, 1.807) is 23.6 Å². The van der Waals surface area contributed by atoms with Gasteiger partial charge in [0.15, 0.2) is 5.13 Å². The van der Waals surface area contributed by atoms with E-state index in [1.165, 1.54) is 10.3 Å². The van der Waals surface area contributed by atoms with Crippen LogP contribution in [0.5, 0.6) is 0 Å². The SMILES string of the molecule is Cc1ccc2nc(Nc3ccc(Cl)cn3)sc2c1. The van der Waals surface area contributed by atoms with Gasteiger partial charge in [-0.3, -0.25) is 0 Å². The molecule has 0 aliphatic carbocycles. The van der Waals surface area contributed by atoms with Crippen molar-refractivity contribution in [3.63, 3.8) is 0 Å². The molecule has 2 heterocycles. The lowest BCUT2D eigenvalue weighted by Gasteiger charge is -1.99. The van der Waals surface area contributed by atoms with Crippen LogP contribution in [0.1, 0.15) is 5.56 Å². The van der Waals surface area contributed by atoms with E-state index in [0.29, 0.717) is 5.02 Å². The van der Waals surface area contributed by atoms with Gasteiger partial charge in [0, 0.05) is 6.20 Å². The Morgan fingerprint density at radius 2 is 2.11 bits per heavy atom. The summed E-state index contributed by atoms with van der Waals surface area (Å²) in [4.78, 5) is 8.69. The maximum atomic E-state index is 5.79. The smallest absolute Gasteiger partial charge is 0.189 e. The lowest BCUT2D eigenvalue weighted by molar-refractivity contribution is 1.30. The van der Waals surface area contributed by atoms with Crippen molar-refractivity contribution in [2.24, 2.45) is 0 Å². The van der Waals surface area contributed by atoms with E-state index < -0.39 is 0 Å². The number of halogens is 1. The molecule has 0 radical (unpaired) electrons. The van der Waals surface area contributed by atoms with Crippen molar-refractivity contribution in [1.29, 1.82) is 0 Å². The molecule has 0 aliphatic rings. The molecule has 0 fully saturated rings. The first-order valence-electron chi connectivity index (χ1n) is 5.46. The van der Waals surface area contributed by atoms with Crippen LogP contribution in [0.3, 0.4) is 0 Å². The lowest BCUT2D eigenvalue weighted by Crippen LogP contribution is -1.91. The van der Waals surface area contributed by atoms with Crippen LogP contribution in [0.4, 0.5) is 10.9 Å². The Balaban J connectivity index is 1.92. The van der Waals surface area contributed by atoms with Gasteiger partial charge in [-0.2, -0.15) is 0 Å². The Labute approximate surface area is 113 Å². The molecule has 18 heavy (non-hydrogen) atoms. The normalized spacial score (nSPS) is 10.8. The van der Waals surface area contributed by atoms with Crippen molar-refractivity contribution in [3.8, 4) is 0 Å². The maximum Gasteiger partial charge on any atom is 0.189 e. The largest absolute Gasteiger partial charge is 0.316 e.